The highest BCUT2D eigenvalue weighted by Gasteiger charge is 2.29. The summed E-state index contributed by atoms with van der Waals surface area (Å²) >= 11 is 1.87. The number of nitrogens with zero attached hydrogens (tertiary/aromatic N) is 5. The van der Waals surface area contributed by atoms with E-state index in [0.29, 0.717) is 5.92 Å². The van der Waals surface area contributed by atoms with E-state index in [2.05, 4.69) is 32.6 Å². The summed E-state index contributed by atoms with van der Waals surface area (Å²) in [6.45, 7) is 1.99. The average Bonchev–Trinajstić information content (AvgIpc) is 3.11. The van der Waals surface area contributed by atoms with Crippen molar-refractivity contribution in [3.05, 3.63) is 39.8 Å². The van der Waals surface area contributed by atoms with E-state index in [9.17, 15) is 0 Å². The molecular weight excluding hydrogens is 282 g/mol. The fourth-order valence-electron chi connectivity index (χ4n) is 3.00. The average molecular weight is 297 g/mol. The van der Waals surface area contributed by atoms with E-state index >= 15 is 0 Å². The zero-order chi connectivity index (χ0) is 13.8. The first kappa shape index (κ1) is 11.7. The SMILES string of the molecule is c1cc2c(s1)CCN(c1ccc3nnc(C4CC4)n3n1)C2. The van der Waals surface area contributed by atoms with E-state index in [0.717, 1.165) is 36.8 Å². The van der Waals surface area contributed by atoms with Crippen molar-refractivity contribution in [1.29, 1.82) is 0 Å². The summed E-state index contributed by atoms with van der Waals surface area (Å²) in [5.74, 6) is 2.62. The minimum absolute atomic E-state index is 0.563. The molecule has 0 bridgehead atoms. The molecule has 4 heterocycles. The van der Waals surface area contributed by atoms with Gasteiger partial charge in [-0.1, -0.05) is 0 Å². The van der Waals surface area contributed by atoms with Crippen LogP contribution in [0.3, 0.4) is 0 Å². The molecule has 0 aromatic carbocycles. The predicted molar refractivity (Wildman–Crippen MR) is 81.8 cm³/mol. The van der Waals surface area contributed by atoms with Crippen LogP contribution in [-0.4, -0.2) is 26.4 Å². The highest BCUT2D eigenvalue weighted by atomic mass is 32.1. The third kappa shape index (κ3) is 1.86. The van der Waals surface area contributed by atoms with Crippen molar-refractivity contribution in [2.75, 3.05) is 11.4 Å². The molecule has 1 saturated carbocycles. The highest BCUT2D eigenvalue weighted by Crippen LogP contribution is 2.38. The molecule has 0 N–H and O–H groups in total. The first-order valence-corrected chi connectivity index (χ1v) is 8.29. The first-order valence-electron chi connectivity index (χ1n) is 7.41. The van der Waals surface area contributed by atoms with Crippen LogP contribution in [-0.2, 0) is 13.0 Å². The predicted octanol–water partition coefficient (Wildman–Crippen LogP) is 2.63. The van der Waals surface area contributed by atoms with Crippen molar-refractivity contribution in [1.82, 2.24) is 19.8 Å². The molecule has 3 aromatic heterocycles. The molecule has 6 heteroatoms. The van der Waals surface area contributed by atoms with Crippen molar-refractivity contribution >= 4 is 22.8 Å². The van der Waals surface area contributed by atoms with E-state index in [1.54, 1.807) is 0 Å². The minimum Gasteiger partial charge on any atom is -0.350 e. The van der Waals surface area contributed by atoms with Gasteiger partial charge < -0.3 is 4.90 Å². The fraction of sp³-hybridized carbons (Fsp3) is 0.400. The Morgan fingerprint density at radius 3 is 3.00 bits per heavy atom. The lowest BCUT2D eigenvalue weighted by Gasteiger charge is -2.27. The number of hydrogen-bond acceptors (Lipinski definition) is 5. The minimum atomic E-state index is 0.563. The first-order chi connectivity index (χ1) is 10.4. The summed E-state index contributed by atoms with van der Waals surface area (Å²) in [5, 5.41) is 15.5. The summed E-state index contributed by atoms with van der Waals surface area (Å²) in [5.41, 5.74) is 2.30. The number of thiophene rings is 1. The van der Waals surface area contributed by atoms with Crippen LogP contribution in [0.25, 0.3) is 5.65 Å². The van der Waals surface area contributed by atoms with E-state index < -0.39 is 0 Å². The number of hydrogen-bond donors (Lipinski definition) is 0. The van der Waals surface area contributed by atoms with Gasteiger partial charge >= 0.3 is 0 Å². The topological polar surface area (TPSA) is 46.3 Å². The van der Waals surface area contributed by atoms with Gasteiger partial charge in [-0.25, -0.2) is 0 Å². The monoisotopic (exact) mass is 297 g/mol. The summed E-state index contributed by atoms with van der Waals surface area (Å²) < 4.78 is 1.94. The van der Waals surface area contributed by atoms with Crippen LogP contribution in [0.1, 0.15) is 35.0 Å². The maximum atomic E-state index is 4.80. The molecule has 0 spiro atoms. The highest BCUT2D eigenvalue weighted by molar-refractivity contribution is 7.10. The van der Waals surface area contributed by atoms with Gasteiger partial charge in [0.05, 0.1) is 0 Å². The zero-order valence-electron chi connectivity index (χ0n) is 11.6. The fourth-order valence-corrected chi connectivity index (χ4v) is 3.89. The molecule has 1 fully saturated rings. The molecule has 0 radical (unpaired) electrons. The number of rotatable bonds is 2. The Bertz CT molecular complexity index is 816. The molecule has 1 aliphatic carbocycles. The largest absolute Gasteiger partial charge is 0.350 e. The summed E-state index contributed by atoms with van der Waals surface area (Å²) in [7, 11) is 0. The second kappa shape index (κ2) is 4.27. The lowest BCUT2D eigenvalue weighted by Crippen LogP contribution is -2.30. The maximum absolute atomic E-state index is 4.80. The van der Waals surface area contributed by atoms with E-state index in [1.807, 2.05) is 21.9 Å². The molecule has 0 unspecified atom stereocenters. The smallest absolute Gasteiger partial charge is 0.178 e. The third-order valence-electron chi connectivity index (χ3n) is 4.35. The molecule has 106 valence electrons. The second-order valence-electron chi connectivity index (χ2n) is 5.83. The van der Waals surface area contributed by atoms with Crippen molar-refractivity contribution in [3.8, 4) is 0 Å². The van der Waals surface area contributed by atoms with Crippen LogP contribution >= 0.6 is 11.3 Å². The van der Waals surface area contributed by atoms with Gasteiger partial charge in [-0.3, -0.25) is 0 Å². The Morgan fingerprint density at radius 2 is 2.10 bits per heavy atom. The molecule has 0 atom stereocenters. The van der Waals surface area contributed by atoms with Gasteiger partial charge in [0, 0.05) is 23.9 Å². The molecule has 21 heavy (non-hydrogen) atoms. The van der Waals surface area contributed by atoms with Crippen LogP contribution in [0.5, 0.6) is 0 Å². The van der Waals surface area contributed by atoms with Crippen LogP contribution in [0, 0.1) is 0 Å². The van der Waals surface area contributed by atoms with Crippen molar-refractivity contribution in [3.63, 3.8) is 0 Å². The van der Waals surface area contributed by atoms with Gasteiger partial charge in [-0.2, -0.15) is 4.52 Å². The Morgan fingerprint density at radius 1 is 1.14 bits per heavy atom. The molecule has 3 aromatic rings. The van der Waals surface area contributed by atoms with Crippen molar-refractivity contribution in [2.24, 2.45) is 0 Å². The molecule has 0 saturated heterocycles. The van der Waals surface area contributed by atoms with Gasteiger partial charge in [0.25, 0.3) is 0 Å². The zero-order valence-corrected chi connectivity index (χ0v) is 12.4. The normalized spacial score (nSPS) is 18.2. The summed E-state index contributed by atoms with van der Waals surface area (Å²) in [6, 6.07) is 6.33. The molecule has 1 aliphatic heterocycles. The maximum Gasteiger partial charge on any atom is 0.178 e. The van der Waals surface area contributed by atoms with Crippen LogP contribution in [0.15, 0.2) is 23.6 Å². The van der Waals surface area contributed by atoms with E-state index in [4.69, 9.17) is 5.10 Å². The Balaban J connectivity index is 1.54. The number of fused-ring (bicyclic) bond motifs is 2. The summed E-state index contributed by atoms with van der Waals surface area (Å²) in [6.07, 6.45) is 3.55. The van der Waals surface area contributed by atoms with Gasteiger partial charge in [0.15, 0.2) is 11.5 Å². The lowest BCUT2D eigenvalue weighted by molar-refractivity contribution is 0.709. The van der Waals surface area contributed by atoms with Crippen molar-refractivity contribution in [2.45, 2.75) is 31.7 Å². The van der Waals surface area contributed by atoms with Gasteiger partial charge in [-0.05, 0) is 48.4 Å². The molecular formula is C15H15N5S. The number of anilines is 1. The van der Waals surface area contributed by atoms with E-state index in [1.165, 1.54) is 23.3 Å². The Kier molecular flexibility index (Phi) is 2.38. The molecule has 5 nitrogen and oxygen atoms in total. The number of aromatic nitrogens is 4. The van der Waals surface area contributed by atoms with Gasteiger partial charge in [0.1, 0.15) is 5.82 Å². The summed E-state index contributed by atoms with van der Waals surface area (Å²) in [4.78, 5) is 3.88. The quantitative estimate of drug-likeness (QED) is 0.729. The second-order valence-corrected chi connectivity index (χ2v) is 6.84. The molecule has 5 rings (SSSR count). The Hall–Kier alpha value is -1.95. The van der Waals surface area contributed by atoms with Crippen LogP contribution < -0.4 is 4.90 Å². The Labute approximate surface area is 126 Å². The van der Waals surface area contributed by atoms with E-state index in [-0.39, 0.29) is 0 Å². The molecule has 2 aliphatic rings. The van der Waals surface area contributed by atoms with Crippen LogP contribution in [0.4, 0.5) is 5.82 Å². The molecule has 0 amide bonds. The van der Waals surface area contributed by atoms with Gasteiger partial charge in [0.2, 0.25) is 0 Å². The standard InChI is InChI=1S/C15H15N5S/c1-2-10(1)15-17-16-13-3-4-14(18-20(13)15)19-7-5-12-11(9-19)6-8-21-12/h3-4,6,8,10H,1-2,5,7,9H2. The van der Waals surface area contributed by atoms with Crippen molar-refractivity contribution < 1.29 is 0 Å². The van der Waals surface area contributed by atoms with Gasteiger partial charge in [-0.15, -0.1) is 26.6 Å². The lowest BCUT2D eigenvalue weighted by atomic mass is 10.1. The third-order valence-corrected chi connectivity index (χ3v) is 5.37. The van der Waals surface area contributed by atoms with Crippen LogP contribution in [0.2, 0.25) is 0 Å².